The molecule has 0 amide bonds. The van der Waals surface area contributed by atoms with Crippen LogP contribution in [0.5, 0.6) is 0 Å². The third-order valence-electron chi connectivity index (χ3n) is 6.45. The smallest absolute Gasteiger partial charge is 0.309 e. The average Bonchev–Trinajstić information content (AvgIpc) is 3.27. The summed E-state index contributed by atoms with van der Waals surface area (Å²) in [7, 11) is 0. The van der Waals surface area contributed by atoms with Crippen LogP contribution in [0.1, 0.15) is 44.7 Å². The Morgan fingerprint density at radius 3 is 2.42 bits per heavy atom. The average molecular weight is 559 g/mol. The standard InChI is InChI=1S/C26H30IN3O3/c1-17(2)14-20-8-9-21(15-22(20)27)24-28-23(29-33-24)19-6-4-18(5-7-19)16-30-12-10-26(3,11-13-30)25(31)32/h4-9,15,17H,10-14,16H2,1-3H3,(H,31,32). The molecule has 6 nitrogen and oxygen atoms in total. The predicted octanol–water partition coefficient (Wildman–Crippen LogP) is 5.89. The molecule has 2 heterocycles. The number of piperidine rings is 1. The molecule has 1 saturated heterocycles. The maximum absolute atomic E-state index is 11.4. The van der Waals surface area contributed by atoms with Crippen molar-refractivity contribution in [2.24, 2.45) is 11.3 Å². The molecule has 0 aliphatic carbocycles. The Morgan fingerprint density at radius 1 is 1.15 bits per heavy atom. The Kier molecular flexibility index (Phi) is 7.19. The van der Waals surface area contributed by atoms with E-state index in [-0.39, 0.29) is 0 Å². The lowest BCUT2D eigenvalue weighted by Crippen LogP contribution is -2.42. The lowest BCUT2D eigenvalue weighted by Gasteiger charge is -2.36. The molecule has 3 aromatic rings. The lowest BCUT2D eigenvalue weighted by atomic mass is 9.80. The first kappa shape index (κ1) is 23.9. The van der Waals surface area contributed by atoms with Crippen LogP contribution in [-0.2, 0) is 17.8 Å². The van der Waals surface area contributed by atoms with Gasteiger partial charge < -0.3 is 9.63 Å². The Labute approximate surface area is 208 Å². The lowest BCUT2D eigenvalue weighted by molar-refractivity contribution is -0.150. The number of nitrogens with zero attached hydrogens (tertiary/aromatic N) is 3. The number of hydrogen-bond donors (Lipinski definition) is 1. The summed E-state index contributed by atoms with van der Waals surface area (Å²) in [6.45, 7) is 8.71. The van der Waals surface area contributed by atoms with E-state index in [1.807, 2.05) is 25.1 Å². The van der Waals surface area contributed by atoms with Crippen LogP contribution >= 0.6 is 22.6 Å². The van der Waals surface area contributed by atoms with Gasteiger partial charge in [0.05, 0.1) is 5.41 Å². The second-order valence-corrected chi connectivity index (χ2v) is 10.8. The molecule has 1 aromatic heterocycles. The van der Waals surface area contributed by atoms with Crippen molar-refractivity contribution in [2.45, 2.75) is 46.6 Å². The fourth-order valence-electron chi connectivity index (χ4n) is 4.18. The summed E-state index contributed by atoms with van der Waals surface area (Å²) in [5, 5.41) is 13.6. The molecule has 1 aliphatic rings. The Balaban J connectivity index is 1.40. The van der Waals surface area contributed by atoms with E-state index in [9.17, 15) is 9.90 Å². The van der Waals surface area contributed by atoms with Crippen molar-refractivity contribution in [1.29, 1.82) is 0 Å². The van der Waals surface area contributed by atoms with Gasteiger partial charge in [0.15, 0.2) is 0 Å². The van der Waals surface area contributed by atoms with E-state index in [1.165, 1.54) is 14.7 Å². The first-order chi connectivity index (χ1) is 15.7. The van der Waals surface area contributed by atoms with Crippen LogP contribution in [-0.4, -0.2) is 39.2 Å². The Bertz CT molecular complexity index is 1120. The molecule has 4 rings (SSSR count). The van der Waals surface area contributed by atoms with E-state index in [0.29, 0.717) is 30.5 Å². The highest BCUT2D eigenvalue weighted by Gasteiger charge is 2.36. The second kappa shape index (κ2) is 9.93. The maximum atomic E-state index is 11.4. The summed E-state index contributed by atoms with van der Waals surface area (Å²) >= 11 is 2.37. The molecule has 174 valence electrons. The largest absolute Gasteiger partial charge is 0.481 e. The maximum Gasteiger partial charge on any atom is 0.309 e. The molecule has 0 radical (unpaired) electrons. The predicted molar refractivity (Wildman–Crippen MR) is 137 cm³/mol. The van der Waals surface area contributed by atoms with Crippen LogP contribution in [0.2, 0.25) is 0 Å². The van der Waals surface area contributed by atoms with E-state index in [4.69, 9.17) is 4.52 Å². The third-order valence-corrected chi connectivity index (χ3v) is 7.45. The van der Waals surface area contributed by atoms with Crippen molar-refractivity contribution < 1.29 is 14.4 Å². The van der Waals surface area contributed by atoms with Gasteiger partial charge in [-0.25, -0.2) is 0 Å². The van der Waals surface area contributed by atoms with Crippen LogP contribution in [0.4, 0.5) is 0 Å². The molecule has 0 bridgehead atoms. The number of aromatic nitrogens is 2. The molecule has 1 aliphatic heterocycles. The third kappa shape index (κ3) is 5.63. The summed E-state index contributed by atoms with van der Waals surface area (Å²) in [6, 6.07) is 14.5. The first-order valence-corrected chi connectivity index (χ1v) is 12.5. The zero-order chi connectivity index (χ0) is 23.6. The van der Waals surface area contributed by atoms with Gasteiger partial charge in [-0.05, 0) is 91.0 Å². The van der Waals surface area contributed by atoms with Gasteiger partial charge in [0, 0.05) is 21.2 Å². The van der Waals surface area contributed by atoms with Crippen LogP contribution in [0.25, 0.3) is 22.8 Å². The number of carbonyl (C=O) groups is 1. The Hall–Kier alpha value is -2.26. The van der Waals surface area contributed by atoms with Gasteiger partial charge in [-0.2, -0.15) is 4.98 Å². The fourth-order valence-corrected chi connectivity index (χ4v) is 4.92. The summed E-state index contributed by atoms with van der Waals surface area (Å²) < 4.78 is 6.76. The highest BCUT2D eigenvalue weighted by Crippen LogP contribution is 2.32. The molecule has 0 saturated carbocycles. The number of halogens is 1. The van der Waals surface area contributed by atoms with E-state index in [2.05, 4.69) is 75.7 Å². The molecule has 2 aromatic carbocycles. The highest BCUT2D eigenvalue weighted by atomic mass is 127. The van der Waals surface area contributed by atoms with Crippen molar-refractivity contribution in [1.82, 2.24) is 15.0 Å². The monoisotopic (exact) mass is 559 g/mol. The normalized spacial score (nSPS) is 16.3. The minimum absolute atomic E-state index is 0.526. The van der Waals surface area contributed by atoms with E-state index in [1.54, 1.807) is 0 Å². The van der Waals surface area contributed by atoms with Crippen molar-refractivity contribution in [3.8, 4) is 22.8 Å². The Morgan fingerprint density at radius 2 is 1.82 bits per heavy atom. The molecular weight excluding hydrogens is 529 g/mol. The van der Waals surface area contributed by atoms with Crippen molar-refractivity contribution in [3.05, 3.63) is 57.2 Å². The number of likely N-dealkylation sites (tertiary alicyclic amines) is 1. The van der Waals surface area contributed by atoms with Crippen molar-refractivity contribution in [2.75, 3.05) is 13.1 Å². The van der Waals surface area contributed by atoms with Gasteiger partial charge in [-0.1, -0.05) is 49.3 Å². The van der Waals surface area contributed by atoms with Crippen LogP contribution in [0.15, 0.2) is 47.0 Å². The molecule has 0 spiro atoms. The topological polar surface area (TPSA) is 79.5 Å². The van der Waals surface area contributed by atoms with E-state index >= 15 is 0 Å². The molecule has 0 unspecified atom stereocenters. The van der Waals surface area contributed by atoms with Gasteiger partial charge in [0.1, 0.15) is 0 Å². The quantitative estimate of drug-likeness (QED) is 0.364. The number of rotatable bonds is 7. The first-order valence-electron chi connectivity index (χ1n) is 11.4. The summed E-state index contributed by atoms with van der Waals surface area (Å²) in [5.74, 6) is 1.03. The van der Waals surface area contributed by atoms with Gasteiger partial charge in [-0.15, -0.1) is 0 Å². The molecule has 1 fully saturated rings. The zero-order valence-electron chi connectivity index (χ0n) is 19.3. The number of carboxylic acid groups (broad SMARTS) is 1. The molecule has 0 atom stereocenters. The van der Waals surface area contributed by atoms with Gasteiger partial charge >= 0.3 is 5.97 Å². The van der Waals surface area contributed by atoms with E-state index < -0.39 is 11.4 Å². The van der Waals surface area contributed by atoms with Crippen LogP contribution in [0, 0.1) is 14.9 Å². The van der Waals surface area contributed by atoms with Crippen molar-refractivity contribution >= 4 is 28.6 Å². The number of benzene rings is 2. The fraction of sp³-hybridized carbons (Fsp3) is 0.423. The molecule has 1 N–H and O–H groups in total. The van der Waals surface area contributed by atoms with Gasteiger partial charge in [0.2, 0.25) is 5.82 Å². The molecule has 7 heteroatoms. The summed E-state index contributed by atoms with van der Waals surface area (Å²) in [6.07, 6.45) is 2.42. The molecular formula is C26H30IN3O3. The van der Waals surface area contributed by atoms with Crippen molar-refractivity contribution in [3.63, 3.8) is 0 Å². The molecule has 33 heavy (non-hydrogen) atoms. The van der Waals surface area contributed by atoms with E-state index in [0.717, 1.165) is 37.2 Å². The van der Waals surface area contributed by atoms with Crippen LogP contribution in [0.3, 0.4) is 0 Å². The summed E-state index contributed by atoms with van der Waals surface area (Å²) in [5.41, 5.74) is 3.78. The van der Waals surface area contributed by atoms with Gasteiger partial charge in [0.25, 0.3) is 5.89 Å². The highest BCUT2D eigenvalue weighted by molar-refractivity contribution is 14.1. The van der Waals surface area contributed by atoms with Gasteiger partial charge in [-0.3, -0.25) is 9.69 Å². The number of hydrogen-bond acceptors (Lipinski definition) is 5. The van der Waals surface area contributed by atoms with Crippen LogP contribution < -0.4 is 0 Å². The zero-order valence-corrected chi connectivity index (χ0v) is 21.5. The second-order valence-electron chi connectivity index (χ2n) is 9.67. The number of aliphatic carboxylic acids is 1. The minimum Gasteiger partial charge on any atom is -0.481 e. The SMILES string of the molecule is CC(C)Cc1ccc(-c2nc(-c3ccc(CN4CCC(C)(C(=O)O)CC4)cc3)no2)cc1I. The number of carboxylic acids is 1. The minimum atomic E-state index is -0.688. The summed E-state index contributed by atoms with van der Waals surface area (Å²) in [4.78, 5) is 18.4.